The number of carbonyl (C=O) groups excluding carboxylic acids is 1. The largest absolute Gasteiger partial charge is 0.479 e. The molecule has 3 N–H and O–H groups in total. The van der Waals surface area contributed by atoms with Crippen LogP contribution in [0.3, 0.4) is 0 Å². The van der Waals surface area contributed by atoms with Gasteiger partial charge in [-0.2, -0.15) is 11.8 Å². The van der Waals surface area contributed by atoms with Gasteiger partial charge >= 0.3 is 5.97 Å². The lowest BCUT2D eigenvalue weighted by atomic mass is 9.98. The van der Waals surface area contributed by atoms with E-state index in [0.29, 0.717) is 12.2 Å². The van der Waals surface area contributed by atoms with Crippen molar-refractivity contribution in [2.24, 2.45) is 0 Å². The molecule has 5 nitrogen and oxygen atoms in total. The molecular formula is C16H18N2O3S. The van der Waals surface area contributed by atoms with Crippen molar-refractivity contribution in [2.45, 2.75) is 25.3 Å². The Balaban J connectivity index is 1.79. The van der Waals surface area contributed by atoms with E-state index in [1.165, 1.54) is 0 Å². The lowest BCUT2D eigenvalue weighted by molar-refractivity contribution is -0.146. The standard InChI is InChI=1S/C16H18N2O3S/c1-10-3-2-4-12-11(8-17-14(10)12)7-13(19)18-16(15(20)21)5-6-22-9-16/h2-4,8,17H,5-7,9H2,1H3,(H,18,19)(H,20,21). The predicted octanol–water partition coefficient (Wildman–Crippen LogP) is 2.10. The number of fused-ring (bicyclic) bond motifs is 1. The van der Waals surface area contributed by atoms with Crippen molar-refractivity contribution in [1.29, 1.82) is 0 Å². The van der Waals surface area contributed by atoms with E-state index in [9.17, 15) is 14.7 Å². The minimum absolute atomic E-state index is 0.184. The highest BCUT2D eigenvalue weighted by Crippen LogP contribution is 2.28. The predicted molar refractivity (Wildman–Crippen MR) is 87.2 cm³/mol. The van der Waals surface area contributed by atoms with Crippen LogP contribution in [0.25, 0.3) is 10.9 Å². The number of carbonyl (C=O) groups is 2. The maximum atomic E-state index is 12.3. The van der Waals surface area contributed by atoms with Crippen molar-refractivity contribution >= 4 is 34.5 Å². The molecular weight excluding hydrogens is 300 g/mol. The number of carboxylic acid groups (broad SMARTS) is 1. The number of carboxylic acids is 1. The summed E-state index contributed by atoms with van der Waals surface area (Å²) in [5.41, 5.74) is 1.93. The van der Waals surface area contributed by atoms with E-state index in [2.05, 4.69) is 10.3 Å². The zero-order valence-corrected chi connectivity index (χ0v) is 13.1. The van der Waals surface area contributed by atoms with Crippen LogP contribution in [0.4, 0.5) is 0 Å². The Bertz CT molecular complexity index is 732. The van der Waals surface area contributed by atoms with Crippen LogP contribution in [0.5, 0.6) is 0 Å². The van der Waals surface area contributed by atoms with E-state index in [1.807, 2.05) is 31.3 Å². The monoisotopic (exact) mass is 318 g/mol. The molecule has 1 aliphatic heterocycles. The third-order valence-electron chi connectivity index (χ3n) is 4.17. The molecule has 22 heavy (non-hydrogen) atoms. The summed E-state index contributed by atoms with van der Waals surface area (Å²) in [7, 11) is 0. The zero-order valence-electron chi connectivity index (χ0n) is 12.3. The average Bonchev–Trinajstić information content (AvgIpc) is 3.08. The summed E-state index contributed by atoms with van der Waals surface area (Å²) >= 11 is 1.56. The highest BCUT2D eigenvalue weighted by atomic mass is 32.2. The number of aromatic amines is 1. The minimum atomic E-state index is -1.11. The summed E-state index contributed by atoms with van der Waals surface area (Å²) < 4.78 is 0. The Kier molecular flexibility index (Phi) is 3.87. The van der Waals surface area contributed by atoms with Crippen LogP contribution in [0.2, 0.25) is 0 Å². The topological polar surface area (TPSA) is 82.2 Å². The Morgan fingerprint density at radius 1 is 1.45 bits per heavy atom. The van der Waals surface area contributed by atoms with Gasteiger partial charge in [-0.05, 0) is 30.2 Å². The molecule has 1 atom stereocenters. The van der Waals surface area contributed by atoms with Crippen LogP contribution in [-0.4, -0.2) is 39.0 Å². The summed E-state index contributed by atoms with van der Waals surface area (Å²) in [5, 5.41) is 13.2. The molecule has 1 aromatic heterocycles. The second-order valence-electron chi connectivity index (χ2n) is 5.73. The molecule has 6 heteroatoms. The number of H-pyrrole nitrogens is 1. The zero-order chi connectivity index (χ0) is 15.7. The van der Waals surface area contributed by atoms with Crippen molar-refractivity contribution in [2.75, 3.05) is 11.5 Å². The van der Waals surface area contributed by atoms with E-state index in [0.717, 1.165) is 27.8 Å². The van der Waals surface area contributed by atoms with Gasteiger partial charge in [-0.15, -0.1) is 0 Å². The highest BCUT2D eigenvalue weighted by Gasteiger charge is 2.43. The van der Waals surface area contributed by atoms with Crippen molar-refractivity contribution in [3.63, 3.8) is 0 Å². The number of rotatable bonds is 4. The molecule has 2 heterocycles. The van der Waals surface area contributed by atoms with E-state index < -0.39 is 11.5 Å². The van der Waals surface area contributed by atoms with Crippen LogP contribution in [0.15, 0.2) is 24.4 Å². The molecule has 0 bridgehead atoms. The van der Waals surface area contributed by atoms with Gasteiger partial charge < -0.3 is 15.4 Å². The normalized spacial score (nSPS) is 21.1. The summed E-state index contributed by atoms with van der Waals surface area (Å²) in [6.07, 6.45) is 2.49. The van der Waals surface area contributed by atoms with Gasteiger partial charge in [-0.3, -0.25) is 4.79 Å². The van der Waals surface area contributed by atoms with E-state index in [-0.39, 0.29) is 12.3 Å². The number of aliphatic carboxylic acids is 1. The lowest BCUT2D eigenvalue weighted by Crippen LogP contribution is -2.55. The van der Waals surface area contributed by atoms with Gasteiger partial charge in [0.15, 0.2) is 0 Å². The first-order chi connectivity index (χ1) is 10.5. The molecule has 0 saturated carbocycles. The molecule has 1 amide bonds. The highest BCUT2D eigenvalue weighted by molar-refractivity contribution is 7.99. The van der Waals surface area contributed by atoms with E-state index in [1.54, 1.807) is 11.8 Å². The maximum absolute atomic E-state index is 12.3. The van der Waals surface area contributed by atoms with Crippen molar-refractivity contribution in [3.8, 4) is 0 Å². The number of hydrogen-bond donors (Lipinski definition) is 3. The van der Waals surface area contributed by atoms with Crippen molar-refractivity contribution in [3.05, 3.63) is 35.5 Å². The fourth-order valence-corrected chi connectivity index (χ4v) is 4.21. The second-order valence-corrected chi connectivity index (χ2v) is 6.83. The first kappa shape index (κ1) is 15.0. The van der Waals surface area contributed by atoms with Crippen molar-refractivity contribution in [1.82, 2.24) is 10.3 Å². The molecule has 3 rings (SSSR count). The van der Waals surface area contributed by atoms with Crippen LogP contribution >= 0.6 is 11.8 Å². The number of nitrogens with one attached hydrogen (secondary N) is 2. The number of aryl methyl sites for hydroxylation is 1. The van der Waals surface area contributed by atoms with Gasteiger partial charge in [0.25, 0.3) is 0 Å². The Hall–Kier alpha value is -1.95. The molecule has 1 aromatic carbocycles. The molecule has 116 valence electrons. The second kappa shape index (κ2) is 5.68. The van der Waals surface area contributed by atoms with Crippen molar-refractivity contribution < 1.29 is 14.7 Å². The van der Waals surface area contributed by atoms with E-state index >= 15 is 0 Å². The fourth-order valence-electron chi connectivity index (χ4n) is 2.88. The quantitative estimate of drug-likeness (QED) is 0.806. The van der Waals surface area contributed by atoms with Gasteiger partial charge in [0.05, 0.1) is 6.42 Å². The molecule has 0 aliphatic carbocycles. The first-order valence-electron chi connectivity index (χ1n) is 7.19. The van der Waals surface area contributed by atoms with Gasteiger partial charge in [0.2, 0.25) is 5.91 Å². The van der Waals surface area contributed by atoms with Gasteiger partial charge in [0.1, 0.15) is 5.54 Å². The molecule has 1 fully saturated rings. The Morgan fingerprint density at radius 3 is 2.95 bits per heavy atom. The van der Waals surface area contributed by atoms with Gasteiger partial charge in [-0.1, -0.05) is 18.2 Å². The van der Waals surface area contributed by atoms with Gasteiger partial charge in [-0.25, -0.2) is 4.79 Å². The smallest absolute Gasteiger partial charge is 0.330 e. The molecule has 1 saturated heterocycles. The molecule has 2 aromatic rings. The molecule has 0 radical (unpaired) electrons. The summed E-state index contributed by atoms with van der Waals surface area (Å²) in [5.74, 6) is 0.00727. The number of hydrogen-bond acceptors (Lipinski definition) is 3. The molecule has 1 unspecified atom stereocenters. The summed E-state index contributed by atoms with van der Waals surface area (Å²) in [6.45, 7) is 2.01. The third kappa shape index (κ3) is 2.59. The SMILES string of the molecule is Cc1cccc2c(CC(=O)NC3(C(=O)O)CCSC3)c[nH]c12. The maximum Gasteiger partial charge on any atom is 0.330 e. The minimum Gasteiger partial charge on any atom is -0.479 e. The number of benzene rings is 1. The van der Waals surface area contributed by atoms with Crippen LogP contribution in [0.1, 0.15) is 17.5 Å². The van der Waals surface area contributed by atoms with Crippen LogP contribution in [-0.2, 0) is 16.0 Å². The fraction of sp³-hybridized carbons (Fsp3) is 0.375. The lowest BCUT2D eigenvalue weighted by Gasteiger charge is -2.24. The van der Waals surface area contributed by atoms with Crippen LogP contribution < -0.4 is 5.32 Å². The first-order valence-corrected chi connectivity index (χ1v) is 8.35. The van der Waals surface area contributed by atoms with Crippen LogP contribution in [0, 0.1) is 6.92 Å². The molecule has 1 aliphatic rings. The average molecular weight is 318 g/mol. The van der Waals surface area contributed by atoms with E-state index in [4.69, 9.17) is 0 Å². The molecule has 0 spiro atoms. The third-order valence-corrected chi connectivity index (χ3v) is 5.36. The number of thioether (sulfide) groups is 1. The number of para-hydroxylation sites is 1. The summed E-state index contributed by atoms with van der Waals surface area (Å²) in [6, 6.07) is 5.94. The number of amides is 1. The number of aromatic nitrogens is 1. The summed E-state index contributed by atoms with van der Waals surface area (Å²) in [4.78, 5) is 27.0. The van der Waals surface area contributed by atoms with Gasteiger partial charge in [0, 0.05) is 22.9 Å². The Labute approximate surface area is 132 Å². The Morgan fingerprint density at radius 2 is 2.27 bits per heavy atom.